The van der Waals surface area contributed by atoms with Crippen molar-refractivity contribution >= 4 is 23.2 Å². The van der Waals surface area contributed by atoms with E-state index in [9.17, 15) is 19.8 Å². The number of hydrogen-bond acceptors (Lipinski definition) is 7. The molecule has 0 aliphatic heterocycles. The molecule has 184 valence electrons. The Kier molecular flexibility index (Phi) is 7.07. The lowest BCUT2D eigenvalue weighted by Gasteiger charge is -2.58. The lowest BCUT2D eigenvalue weighted by Crippen LogP contribution is -2.57. The van der Waals surface area contributed by atoms with Gasteiger partial charge in [-0.3, -0.25) is 14.6 Å². The van der Waals surface area contributed by atoms with Crippen LogP contribution in [0.2, 0.25) is 0 Å². The predicted molar refractivity (Wildman–Crippen MR) is 130 cm³/mol. The third-order valence-electron chi connectivity index (χ3n) is 8.01. The number of aliphatic hydroxyl groups is 2. The van der Waals surface area contributed by atoms with Crippen molar-refractivity contribution in [2.24, 2.45) is 16.7 Å². The van der Waals surface area contributed by atoms with Crippen LogP contribution in [0.25, 0.3) is 10.6 Å². The van der Waals surface area contributed by atoms with E-state index in [-0.39, 0.29) is 42.1 Å². The number of amides is 2. The quantitative estimate of drug-likeness (QED) is 0.445. The minimum absolute atomic E-state index is 0.0145. The zero-order valence-electron chi connectivity index (χ0n) is 20.0. The van der Waals surface area contributed by atoms with Crippen molar-refractivity contribution in [1.29, 1.82) is 0 Å². The molecule has 0 spiro atoms. The first-order valence-corrected chi connectivity index (χ1v) is 12.7. The number of carbonyl (C=O) groups is 2. The molecule has 0 unspecified atom stereocenters. The van der Waals surface area contributed by atoms with E-state index in [1.807, 2.05) is 19.1 Å². The highest BCUT2D eigenvalue weighted by Gasteiger charge is 2.59. The molecule has 2 aromatic rings. The van der Waals surface area contributed by atoms with Gasteiger partial charge in [-0.2, -0.15) is 0 Å². The monoisotopic (exact) mass is 486 g/mol. The normalized spacial score (nSPS) is 30.2. The van der Waals surface area contributed by atoms with Gasteiger partial charge >= 0.3 is 0 Å². The van der Waals surface area contributed by atoms with Crippen LogP contribution < -0.4 is 10.6 Å². The van der Waals surface area contributed by atoms with E-state index in [0.717, 1.165) is 34.0 Å². The number of aromatic nitrogens is 2. The van der Waals surface area contributed by atoms with Gasteiger partial charge < -0.3 is 20.8 Å². The van der Waals surface area contributed by atoms with E-state index in [1.54, 1.807) is 23.7 Å². The molecule has 0 radical (unpaired) electrons. The predicted octanol–water partition coefficient (Wildman–Crippen LogP) is 2.26. The summed E-state index contributed by atoms with van der Waals surface area (Å²) in [5, 5.41) is 27.7. The number of rotatable bonds is 7. The zero-order valence-corrected chi connectivity index (χ0v) is 20.8. The van der Waals surface area contributed by atoms with Crippen molar-refractivity contribution in [2.45, 2.75) is 58.5 Å². The minimum Gasteiger partial charge on any atom is -0.396 e. The molecule has 0 aromatic carbocycles. The average molecular weight is 487 g/mol. The summed E-state index contributed by atoms with van der Waals surface area (Å²) in [6, 6.07) is 3.87. The molecule has 5 atom stereocenters. The maximum absolute atomic E-state index is 13.0. The second-order valence-corrected chi connectivity index (χ2v) is 11.2. The van der Waals surface area contributed by atoms with Gasteiger partial charge in [0.05, 0.1) is 18.4 Å². The molecule has 2 amide bonds. The van der Waals surface area contributed by atoms with Crippen LogP contribution >= 0.6 is 11.3 Å². The number of carbonyl (C=O) groups excluding carboxylic acids is 2. The number of pyridine rings is 1. The Morgan fingerprint density at radius 2 is 2.03 bits per heavy atom. The average Bonchev–Trinajstić information content (AvgIpc) is 3.25. The molecule has 1 saturated carbocycles. The fraction of sp³-hybridized carbons (Fsp3) is 0.600. The van der Waals surface area contributed by atoms with Crippen LogP contribution in [0.15, 0.2) is 24.5 Å². The van der Waals surface area contributed by atoms with Crippen molar-refractivity contribution in [2.75, 3.05) is 19.7 Å². The van der Waals surface area contributed by atoms with Crippen LogP contribution in [0, 0.1) is 16.7 Å². The molecule has 1 fully saturated rings. The second kappa shape index (κ2) is 9.71. The Hall–Kier alpha value is -2.36. The maximum atomic E-state index is 13.0. The van der Waals surface area contributed by atoms with Crippen molar-refractivity contribution in [1.82, 2.24) is 20.6 Å². The number of nitrogens with one attached hydrogen (secondary N) is 2. The number of fused-ring (bicyclic) bond motifs is 2. The minimum atomic E-state index is -0.650. The van der Waals surface area contributed by atoms with E-state index < -0.39 is 11.5 Å². The molecule has 2 aliphatic rings. The summed E-state index contributed by atoms with van der Waals surface area (Å²) in [7, 11) is 0. The number of thiazole rings is 1. The van der Waals surface area contributed by atoms with Crippen LogP contribution in [0.3, 0.4) is 0 Å². The van der Waals surface area contributed by atoms with Gasteiger partial charge in [0, 0.05) is 60.6 Å². The van der Waals surface area contributed by atoms with Crippen molar-refractivity contribution in [3.63, 3.8) is 0 Å². The van der Waals surface area contributed by atoms with E-state index in [1.165, 1.54) is 6.92 Å². The third kappa shape index (κ3) is 4.48. The van der Waals surface area contributed by atoms with Crippen molar-refractivity contribution in [3.8, 4) is 10.6 Å². The Labute approximate surface area is 204 Å². The first-order chi connectivity index (χ1) is 16.2. The van der Waals surface area contributed by atoms with Crippen molar-refractivity contribution in [3.05, 3.63) is 35.1 Å². The van der Waals surface area contributed by atoms with Gasteiger partial charge in [0.2, 0.25) is 11.8 Å². The van der Waals surface area contributed by atoms with Crippen LogP contribution in [0.1, 0.15) is 56.5 Å². The molecule has 0 saturated heterocycles. The summed E-state index contributed by atoms with van der Waals surface area (Å²) in [6.45, 7) is 6.26. The molecule has 2 heterocycles. The van der Waals surface area contributed by atoms with Crippen LogP contribution in [0.4, 0.5) is 0 Å². The van der Waals surface area contributed by atoms with Crippen molar-refractivity contribution < 1.29 is 19.8 Å². The summed E-state index contributed by atoms with van der Waals surface area (Å²) in [5.41, 5.74) is 0.956. The van der Waals surface area contributed by atoms with Gasteiger partial charge in [0.15, 0.2) is 0 Å². The molecular formula is C25H34N4O4S. The van der Waals surface area contributed by atoms with E-state index in [0.29, 0.717) is 19.5 Å². The standard InChI is InChI=1S/C25H34N4O4S/c1-15(31)27-9-10-28-21(33)11-17-22-18(34-23(29-22)16-5-4-8-26-13-16)12-19-24(17,2)7-6-20(32)25(19,3)14-30/h4-5,8,13,17,19-20,30,32H,6-7,9-12,14H2,1-3H3,(H,27,31)(H,28,33)/t17-,19+,20+,24-,25-/m0/s1. The van der Waals surface area contributed by atoms with Gasteiger partial charge in [-0.1, -0.05) is 13.8 Å². The largest absolute Gasteiger partial charge is 0.396 e. The summed E-state index contributed by atoms with van der Waals surface area (Å²) >= 11 is 1.62. The highest BCUT2D eigenvalue weighted by molar-refractivity contribution is 7.15. The first kappa shape index (κ1) is 24.8. The molecule has 4 rings (SSSR count). The summed E-state index contributed by atoms with van der Waals surface area (Å²) in [4.78, 5) is 34.5. The summed E-state index contributed by atoms with van der Waals surface area (Å²) < 4.78 is 0. The van der Waals surface area contributed by atoms with Crippen LogP contribution in [-0.4, -0.2) is 57.8 Å². The zero-order chi connectivity index (χ0) is 24.5. The van der Waals surface area contributed by atoms with Gasteiger partial charge in [0.1, 0.15) is 5.01 Å². The molecule has 34 heavy (non-hydrogen) atoms. The molecule has 0 bridgehead atoms. The van der Waals surface area contributed by atoms with E-state index in [4.69, 9.17) is 4.98 Å². The van der Waals surface area contributed by atoms with Gasteiger partial charge in [-0.15, -0.1) is 11.3 Å². The summed E-state index contributed by atoms with van der Waals surface area (Å²) in [5.74, 6) is -0.338. The summed E-state index contributed by atoms with van der Waals surface area (Å²) in [6.07, 6.45) is 5.28. The van der Waals surface area contributed by atoms with E-state index in [2.05, 4.69) is 22.5 Å². The van der Waals surface area contributed by atoms with Gasteiger partial charge in [0.25, 0.3) is 0 Å². The lowest BCUT2D eigenvalue weighted by molar-refractivity contribution is -0.144. The van der Waals surface area contributed by atoms with Crippen LogP contribution in [-0.2, 0) is 16.0 Å². The Morgan fingerprint density at radius 1 is 1.26 bits per heavy atom. The first-order valence-electron chi connectivity index (χ1n) is 11.9. The fourth-order valence-corrected chi connectivity index (χ4v) is 7.11. The van der Waals surface area contributed by atoms with Gasteiger partial charge in [-0.05, 0) is 42.7 Å². The Morgan fingerprint density at radius 3 is 2.71 bits per heavy atom. The number of nitrogens with zero attached hydrogens (tertiary/aromatic N) is 2. The SMILES string of the molecule is CC(=O)NCCNC(=O)C[C@H]1c2nc(-c3cccnc3)sc2C[C@H]2[C@](C)(CO)[C@H](O)CC[C@]21C. The number of hydrogen-bond donors (Lipinski definition) is 4. The van der Waals surface area contributed by atoms with E-state index >= 15 is 0 Å². The molecule has 9 heteroatoms. The molecular weight excluding hydrogens is 452 g/mol. The molecule has 2 aromatic heterocycles. The fourth-order valence-electron chi connectivity index (χ4n) is 5.96. The van der Waals surface area contributed by atoms with Crippen LogP contribution in [0.5, 0.6) is 0 Å². The smallest absolute Gasteiger partial charge is 0.220 e. The highest BCUT2D eigenvalue weighted by atomic mass is 32.1. The number of aliphatic hydroxyl groups excluding tert-OH is 2. The highest BCUT2D eigenvalue weighted by Crippen LogP contribution is 2.62. The molecule has 8 nitrogen and oxygen atoms in total. The molecule has 2 aliphatic carbocycles. The molecule has 4 N–H and O–H groups in total. The third-order valence-corrected chi connectivity index (χ3v) is 9.16. The topological polar surface area (TPSA) is 124 Å². The maximum Gasteiger partial charge on any atom is 0.220 e. The Balaban J connectivity index is 1.68. The Bertz CT molecular complexity index is 1040. The second-order valence-electron chi connectivity index (χ2n) is 10.1. The van der Waals surface area contributed by atoms with Gasteiger partial charge in [-0.25, -0.2) is 4.98 Å². The lowest BCUT2D eigenvalue weighted by atomic mass is 9.47.